The topological polar surface area (TPSA) is 87.7 Å². The highest BCUT2D eigenvalue weighted by Crippen LogP contribution is 2.33. The van der Waals surface area contributed by atoms with Crippen LogP contribution >= 0.6 is 0 Å². The monoisotopic (exact) mass is 571 g/mol. The molecule has 0 saturated heterocycles. The van der Waals surface area contributed by atoms with Gasteiger partial charge in [0.25, 0.3) is 5.91 Å². The Morgan fingerprint density at radius 2 is 1.57 bits per heavy atom. The summed E-state index contributed by atoms with van der Waals surface area (Å²) in [6.45, 7) is 18.8. The van der Waals surface area contributed by atoms with E-state index in [0.717, 1.165) is 16.3 Å². The Hall–Kier alpha value is -4.13. The molecule has 2 unspecified atom stereocenters. The lowest BCUT2D eigenvalue weighted by Crippen LogP contribution is -2.58. The van der Waals surface area contributed by atoms with Crippen molar-refractivity contribution in [3.8, 4) is 0 Å². The zero-order valence-electron chi connectivity index (χ0n) is 26.2. The fourth-order valence-electron chi connectivity index (χ4n) is 4.91. The molecule has 0 aliphatic rings. The summed E-state index contributed by atoms with van der Waals surface area (Å²) in [7, 11) is 0. The van der Waals surface area contributed by atoms with Gasteiger partial charge in [0.05, 0.1) is 0 Å². The maximum absolute atomic E-state index is 14.5. The van der Waals surface area contributed by atoms with Gasteiger partial charge in [0.2, 0.25) is 5.91 Å². The third-order valence-corrected chi connectivity index (χ3v) is 6.64. The molecule has 0 fully saturated rings. The fraction of sp³-hybridized carbons (Fsp3) is 0.400. The normalized spacial score (nSPS) is 13.3. The lowest BCUT2D eigenvalue weighted by molar-refractivity contribution is -0.147. The molecule has 7 nitrogen and oxygen atoms in total. The minimum absolute atomic E-state index is 0.0877. The highest BCUT2D eigenvalue weighted by atomic mass is 16.6. The van der Waals surface area contributed by atoms with Crippen molar-refractivity contribution in [3.63, 3.8) is 0 Å². The first kappa shape index (κ1) is 32.4. The third-order valence-electron chi connectivity index (χ3n) is 6.64. The van der Waals surface area contributed by atoms with E-state index in [1.54, 1.807) is 31.7 Å². The third kappa shape index (κ3) is 8.68. The number of alkyl carbamates (subject to hydrolysis) is 1. The molecule has 0 aromatic heterocycles. The fourth-order valence-corrected chi connectivity index (χ4v) is 4.91. The summed E-state index contributed by atoms with van der Waals surface area (Å²) in [5, 5.41) is 7.90. The average Bonchev–Trinajstić information content (AvgIpc) is 2.88. The number of amides is 3. The smallest absolute Gasteiger partial charge is 0.408 e. The summed E-state index contributed by atoms with van der Waals surface area (Å²) < 4.78 is 5.49. The number of carbonyl (C=O) groups is 3. The number of rotatable bonds is 9. The van der Waals surface area contributed by atoms with Gasteiger partial charge in [-0.3, -0.25) is 9.59 Å². The lowest BCUT2D eigenvalue weighted by Gasteiger charge is -2.43. The Kier molecular flexibility index (Phi) is 10.2. The van der Waals surface area contributed by atoms with Crippen LogP contribution in [0.15, 0.2) is 73.3 Å². The van der Waals surface area contributed by atoms with Crippen LogP contribution in [0.1, 0.15) is 79.0 Å². The standard InChI is InChI=1S/C35H45N3O4/c1-10-24-14-13-17-27(21-24)30(31(39)36-28-19-18-25-15-11-12-16-26(25)22-28)38(34(4,5)6)32(40)29(20-23(2)3)37-33(41)42-35(7,8)9/h10-19,21-23,29-30H,1,20H2,2-9H3,(H,36,39)(H,37,41). The van der Waals surface area contributed by atoms with Gasteiger partial charge in [-0.05, 0) is 94.0 Å². The first-order valence-electron chi connectivity index (χ1n) is 14.4. The van der Waals surface area contributed by atoms with Gasteiger partial charge in [0.1, 0.15) is 17.7 Å². The Bertz CT molecular complexity index is 1430. The summed E-state index contributed by atoms with van der Waals surface area (Å²) in [6.07, 6.45) is 1.40. The molecule has 7 heteroatoms. The van der Waals surface area contributed by atoms with Crippen LogP contribution in [-0.2, 0) is 14.3 Å². The van der Waals surface area contributed by atoms with E-state index in [2.05, 4.69) is 17.2 Å². The zero-order chi connectivity index (χ0) is 31.2. The van der Waals surface area contributed by atoms with Gasteiger partial charge in [-0.1, -0.05) is 75.0 Å². The maximum atomic E-state index is 14.5. The van der Waals surface area contributed by atoms with Gasteiger partial charge in [-0.2, -0.15) is 0 Å². The van der Waals surface area contributed by atoms with Crippen LogP contribution in [0.4, 0.5) is 10.5 Å². The second-order valence-corrected chi connectivity index (χ2v) is 13.0. The highest BCUT2D eigenvalue weighted by molar-refractivity contribution is 6.00. The Labute approximate surface area is 250 Å². The molecule has 3 rings (SSSR count). The van der Waals surface area contributed by atoms with Crippen molar-refractivity contribution in [1.29, 1.82) is 0 Å². The number of hydrogen-bond acceptors (Lipinski definition) is 4. The van der Waals surface area contributed by atoms with E-state index in [1.165, 1.54) is 0 Å². The van der Waals surface area contributed by atoms with Crippen molar-refractivity contribution in [2.45, 2.75) is 85.0 Å². The molecular weight excluding hydrogens is 526 g/mol. The molecule has 0 heterocycles. The van der Waals surface area contributed by atoms with Gasteiger partial charge in [-0.25, -0.2) is 4.79 Å². The van der Waals surface area contributed by atoms with Gasteiger partial charge in [0.15, 0.2) is 0 Å². The summed E-state index contributed by atoms with van der Waals surface area (Å²) in [5.74, 6) is -0.648. The molecule has 2 N–H and O–H groups in total. The van der Waals surface area contributed by atoms with Crippen molar-refractivity contribution >= 4 is 40.4 Å². The average molecular weight is 572 g/mol. The number of anilines is 1. The number of carbonyl (C=O) groups excluding carboxylic acids is 3. The number of fused-ring (bicyclic) bond motifs is 1. The second kappa shape index (κ2) is 13.2. The van der Waals surface area contributed by atoms with Crippen molar-refractivity contribution in [2.75, 3.05) is 5.32 Å². The molecule has 0 spiro atoms. The van der Waals surface area contributed by atoms with Crippen LogP contribution in [0, 0.1) is 5.92 Å². The SMILES string of the molecule is C=Cc1cccc(C(C(=O)Nc2ccc3ccccc3c2)N(C(=O)C(CC(C)C)NC(=O)OC(C)(C)C)C(C)(C)C)c1. The van der Waals surface area contributed by atoms with Crippen LogP contribution in [0.5, 0.6) is 0 Å². The highest BCUT2D eigenvalue weighted by Gasteiger charge is 2.42. The molecule has 0 radical (unpaired) electrons. The van der Waals surface area contributed by atoms with Crippen LogP contribution in [0.3, 0.4) is 0 Å². The Balaban J connectivity index is 2.09. The summed E-state index contributed by atoms with van der Waals surface area (Å²) >= 11 is 0. The number of hydrogen-bond donors (Lipinski definition) is 2. The number of benzene rings is 3. The van der Waals surface area contributed by atoms with E-state index < -0.39 is 29.3 Å². The van der Waals surface area contributed by atoms with Gasteiger partial charge < -0.3 is 20.3 Å². The maximum Gasteiger partial charge on any atom is 0.408 e. The van der Waals surface area contributed by atoms with Gasteiger partial charge in [-0.15, -0.1) is 0 Å². The summed E-state index contributed by atoms with van der Waals surface area (Å²) in [4.78, 5) is 43.2. The Morgan fingerprint density at radius 1 is 0.905 bits per heavy atom. The van der Waals surface area contributed by atoms with Crippen molar-refractivity contribution in [2.24, 2.45) is 5.92 Å². The van der Waals surface area contributed by atoms with E-state index in [4.69, 9.17) is 4.74 Å². The molecule has 3 aromatic carbocycles. The van der Waals surface area contributed by atoms with Gasteiger partial charge in [0, 0.05) is 11.2 Å². The number of nitrogens with zero attached hydrogens (tertiary/aromatic N) is 1. The number of ether oxygens (including phenoxy) is 1. The van der Waals surface area contributed by atoms with Crippen LogP contribution in [0.2, 0.25) is 0 Å². The minimum Gasteiger partial charge on any atom is -0.444 e. The quantitative estimate of drug-likeness (QED) is 0.275. The first-order valence-corrected chi connectivity index (χ1v) is 14.4. The molecule has 0 bridgehead atoms. The molecule has 0 aliphatic heterocycles. The molecule has 3 aromatic rings. The van der Waals surface area contributed by atoms with E-state index in [9.17, 15) is 14.4 Å². The number of nitrogens with one attached hydrogen (secondary N) is 2. The van der Waals surface area contributed by atoms with E-state index in [1.807, 2.05) is 101 Å². The first-order chi connectivity index (χ1) is 19.6. The molecule has 2 atom stereocenters. The lowest BCUT2D eigenvalue weighted by atomic mass is 9.93. The largest absolute Gasteiger partial charge is 0.444 e. The van der Waals surface area contributed by atoms with Crippen LogP contribution in [-0.4, -0.2) is 40.0 Å². The second-order valence-electron chi connectivity index (χ2n) is 13.0. The Morgan fingerprint density at radius 3 is 2.17 bits per heavy atom. The molecule has 42 heavy (non-hydrogen) atoms. The van der Waals surface area contributed by atoms with Crippen molar-refractivity contribution < 1.29 is 19.1 Å². The predicted octanol–water partition coefficient (Wildman–Crippen LogP) is 7.73. The molecule has 0 saturated carbocycles. The summed E-state index contributed by atoms with van der Waals surface area (Å²) in [5.41, 5.74) is 0.553. The minimum atomic E-state index is -1.00. The summed E-state index contributed by atoms with van der Waals surface area (Å²) in [6, 6.07) is 19.2. The van der Waals surface area contributed by atoms with Crippen LogP contribution < -0.4 is 10.6 Å². The van der Waals surface area contributed by atoms with Crippen molar-refractivity contribution in [1.82, 2.24) is 10.2 Å². The van der Waals surface area contributed by atoms with E-state index in [0.29, 0.717) is 17.7 Å². The van der Waals surface area contributed by atoms with Crippen molar-refractivity contribution in [3.05, 3.63) is 84.4 Å². The van der Waals surface area contributed by atoms with Gasteiger partial charge >= 0.3 is 6.09 Å². The zero-order valence-corrected chi connectivity index (χ0v) is 26.2. The molecular formula is C35H45N3O4. The van der Waals surface area contributed by atoms with Crippen LogP contribution in [0.25, 0.3) is 16.8 Å². The van der Waals surface area contributed by atoms with E-state index >= 15 is 0 Å². The van der Waals surface area contributed by atoms with E-state index in [-0.39, 0.29) is 17.7 Å². The predicted molar refractivity (Wildman–Crippen MR) is 171 cm³/mol. The molecule has 3 amide bonds. The molecule has 0 aliphatic carbocycles. The molecule has 224 valence electrons.